The number of carboxylic acids is 1. The number of carboxylic acid groups (broad SMARTS) is 1. The molecule has 2 saturated carbocycles. The van der Waals surface area contributed by atoms with E-state index in [9.17, 15) is 9.90 Å². The normalized spacial score (nSPS) is 40.8. The number of hydrogen-bond donors (Lipinski definition) is 4. The Morgan fingerprint density at radius 1 is 1.30 bits per heavy atom. The Hall–Kier alpha value is -1.44. The predicted octanol–water partition coefficient (Wildman–Crippen LogP) is -1.09. The molecule has 0 radical (unpaired) electrons. The number of piperidine rings is 1. The second kappa shape index (κ2) is 8.24. The number of rotatable bonds is 6. The van der Waals surface area contributed by atoms with E-state index in [0.717, 1.165) is 51.4 Å². The third-order valence-corrected chi connectivity index (χ3v) is 9.20. The van der Waals surface area contributed by atoms with Crippen LogP contribution in [0.15, 0.2) is 16.1 Å². The summed E-state index contributed by atoms with van der Waals surface area (Å²) in [5.41, 5.74) is 8.46. The minimum Gasteiger partial charge on any atom is -0.545 e. The van der Waals surface area contributed by atoms with Gasteiger partial charge >= 0.3 is 0 Å². The molecule has 0 aromatic heterocycles. The van der Waals surface area contributed by atoms with Crippen LogP contribution in [-0.2, 0) is 4.79 Å². The van der Waals surface area contributed by atoms with Crippen LogP contribution in [0.5, 0.6) is 0 Å². The quantitative estimate of drug-likeness (QED) is 0.250. The van der Waals surface area contributed by atoms with E-state index in [4.69, 9.17) is 5.73 Å². The zero-order valence-electron chi connectivity index (χ0n) is 18.9. The number of nitrogens with one attached hydrogen (secondary N) is 3. The predicted molar refractivity (Wildman–Crippen MR) is 116 cm³/mol. The van der Waals surface area contributed by atoms with E-state index in [1.165, 1.54) is 23.3 Å². The number of allylic oxidation sites excluding steroid dienone is 1. The highest BCUT2D eigenvalue weighted by Gasteiger charge is 2.72. The molecule has 2 spiro atoms. The van der Waals surface area contributed by atoms with Gasteiger partial charge in [0.05, 0.1) is 25.6 Å². The summed E-state index contributed by atoms with van der Waals surface area (Å²) in [7, 11) is 3.98. The number of hydrogen-bond acceptors (Lipinski definition) is 5. The third kappa shape index (κ3) is 2.96. The first-order valence-corrected chi connectivity index (χ1v) is 11.8. The van der Waals surface area contributed by atoms with Crippen molar-refractivity contribution >= 4 is 11.9 Å². The van der Waals surface area contributed by atoms with Gasteiger partial charge in [-0.3, -0.25) is 4.90 Å². The van der Waals surface area contributed by atoms with Crippen LogP contribution in [0.2, 0.25) is 0 Å². The number of nitrogens with zero attached hydrogens (tertiary/aromatic N) is 1. The van der Waals surface area contributed by atoms with Gasteiger partial charge in [-0.2, -0.15) is 0 Å². The highest BCUT2D eigenvalue weighted by Crippen LogP contribution is 2.75. The molecule has 0 aromatic rings. The molecule has 7 heteroatoms. The van der Waals surface area contributed by atoms with Crippen molar-refractivity contribution in [3.8, 4) is 0 Å². The van der Waals surface area contributed by atoms with Gasteiger partial charge in [-0.05, 0) is 76.1 Å². The van der Waals surface area contributed by atoms with Crippen LogP contribution in [0, 0.1) is 28.6 Å². The van der Waals surface area contributed by atoms with Crippen molar-refractivity contribution in [3.63, 3.8) is 0 Å². The zero-order chi connectivity index (χ0) is 21.5. The fraction of sp³-hybridized carbons (Fsp3) is 0.826. The number of likely N-dealkylation sites (tertiary alicyclic amines) is 1. The fourth-order valence-corrected chi connectivity index (χ4v) is 8.13. The standard InChI is InChI=1S/C23H39N5O2/c1-15-4-5-16-12-19-18(20(29)30)6-8-22(15,19)23(16)14-28(11-7-17(23)13-26-3)21(24)27-10-9-25-2/h15-17,25-26H,4-14H2,1-3H3,(H2,24,27)(H,29,30). The smallest absolute Gasteiger partial charge is 0.293 e. The van der Waals surface area contributed by atoms with Gasteiger partial charge in [0.1, 0.15) is 0 Å². The summed E-state index contributed by atoms with van der Waals surface area (Å²) in [6, 6.07) is 0. The summed E-state index contributed by atoms with van der Waals surface area (Å²) in [4.78, 5) is 18.0. The maximum absolute atomic E-state index is 12.0. The second-order valence-corrected chi connectivity index (χ2v) is 10.1. The molecule has 1 aliphatic heterocycles. The molecule has 1 heterocycles. The molecule has 1 saturated heterocycles. The van der Waals surface area contributed by atoms with Crippen molar-refractivity contribution in [2.24, 2.45) is 39.3 Å². The molecule has 4 aliphatic rings. The first-order chi connectivity index (χ1) is 14.4. The van der Waals surface area contributed by atoms with Crippen LogP contribution in [0.1, 0.15) is 45.4 Å². The van der Waals surface area contributed by atoms with Crippen LogP contribution in [0.4, 0.5) is 0 Å². The number of guanidine groups is 1. The molecule has 3 fully saturated rings. The summed E-state index contributed by atoms with van der Waals surface area (Å²) in [5.74, 6) is 1.38. The highest BCUT2D eigenvalue weighted by atomic mass is 16.4. The topological polar surface area (TPSA) is 107 Å². The van der Waals surface area contributed by atoms with E-state index >= 15 is 0 Å². The van der Waals surface area contributed by atoms with Crippen molar-refractivity contribution in [2.45, 2.75) is 45.4 Å². The number of carbonyl (C=O) groups is 1. The van der Waals surface area contributed by atoms with Crippen molar-refractivity contribution in [3.05, 3.63) is 11.1 Å². The van der Waals surface area contributed by atoms with E-state index in [-0.39, 0.29) is 10.8 Å². The number of aliphatic carboxylic acids is 1. The van der Waals surface area contributed by atoms with E-state index in [2.05, 4.69) is 22.5 Å². The Bertz CT molecular complexity index is 750. The molecule has 7 nitrogen and oxygen atoms in total. The Kier molecular flexibility index (Phi) is 5.99. The molecule has 168 valence electrons. The van der Waals surface area contributed by atoms with Crippen molar-refractivity contribution < 1.29 is 14.8 Å². The van der Waals surface area contributed by atoms with Crippen molar-refractivity contribution in [1.29, 1.82) is 0 Å². The van der Waals surface area contributed by atoms with Crippen LogP contribution in [-0.4, -0.2) is 58.7 Å². The minimum atomic E-state index is -0.935. The summed E-state index contributed by atoms with van der Waals surface area (Å²) in [5, 5.41) is 18.6. The molecule has 6 atom stereocenters. The highest BCUT2D eigenvalue weighted by molar-refractivity contribution is 5.87. The van der Waals surface area contributed by atoms with Gasteiger partial charge < -0.3 is 26.3 Å². The number of quaternary nitrogens is 1. The number of likely N-dealkylation sites (N-methyl/N-ethyl adjacent to an activating group) is 1. The molecule has 0 amide bonds. The molecule has 5 N–H and O–H groups in total. The summed E-state index contributed by atoms with van der Waals surface area (Å²) >= 11 is 0. The monoisotopic (exact) mass is 417 g/mol. The van der Waals surface area contributed by atoms with Crippen LogP contribution < -0.4 is 26.4 Å². The van der Waals surface area contributed by atoms with Crippen LogP contribution in [0.25, 0.3) is 0 Å². The fourth-order valence-electron chi connectivity index (χ4n) is 8.13. The largest absolute Gasteiger partial charge is 0.545 e. The third-order valence-electron chi connectivity index (χ3n) is 9.20. The van der Waals surface area contributed by atoms with Crippen molar-refractivity contribution in [1.82, 2.24) is 10.6 Å². The maximum Gasteiger partial charge on any atom is 0.293 e. The summed E-state index contributed by atoms with van der Waals surface area (Å²) in [6.45, 7) is 6.87. The van der Waals surface area contributed by atoms with Crippen LogP contribution in [0.3, 0.4) is 0 Å². The van der Waals surface area contributed by atoms with Crippen LogP contribution >= 0.6 is 0 Å². The van der Waals surface area contributed by atoms with E-state index in [1.54, 1.807) is 0 Å². The lowest BCUT2D eigenvalue weighted by molar-refractivity contribution is -0.828. The van der Waals surface area contributed by atoms with Gasteiger partial charge in [-0.15, -0.1) is 0 Å². The lowest BCUT2D eigenvalue weighted by Gasteiger charge is -2.60. The molecule has 4 rings (SSSR count). The first-order valence-electron chi connectivity index (χ1n) is 11.8. The van der Waals surface area contributed by atoms with Crippen molar-refractivity contribution in [2.75, 3.05) is 46.8 Å². The molecule has 2 bridgehead atoms. The zero-order valence-corrected chi connectivity index (χ0v) is 18.9. The number of carbonyl (C=O) groups excluding carboxylic acids is 1. The van der Waals surface area contributed by atoms with E-state index < -0.39 is 5.97 Å². The average Bonchev–Trinajstić information content (AvgIpc) is 3.17. The van der Waals surface area contributed by atoms with Gasteiger partial charge in [0.15, 0.2) is 0 Å². The number of aliphatic imine (C=N–C) groups is 1. The molecular weight excluding hydrogens is 378 g/mol. The average molecular weight is 418 g/mol. The maximum atomic E-state index is 12.0. The van der Waals surface area contributed by atoms with E-state index in [0.29, 0.717) is 36.3 Å². The molecular formula is C23H39N5O2. The Morgan fingerprint density at radius 2 is 2.10 bits per heavy atom. The van der Waals surface area contributed by atoms with E-state index in [1.807, 2.05) is 14.1 Å². The van der Waals surface area contributed by atoms with Gasteiger partial charge in [-0.25, -0.2) is 4.99 Å². The lowest BCUT2D eigenvalue weighted by Crippen LogP contribution is -3.19. The van der Waals surface area contributed by atoms with Gasteiger partial charge in [0.25, 0.3) is 5.96 Å². The lowest BCUT2D eigenvalue weighted by atomic mass is 9.45. The SMILES string of the molecule is CNCCN=C(N)[NH+]1CCC(CNC)C2(C1)C1CCC(C)C23CCC(C(=O)[O-])=C3C1. The Labute approximate surface area is 180 Å². The summed E-state index contributed by atoms with van der Waals surface area (Å²) < 4.78 is 0. The summed E-state index contributed by atoms with van der Waals surface area (Å²) in [6.07, 6.45) is 6.08. The van der Waals surface area contributed by atoms with Gasteiger partial charge in [-0.1, -0.05) is 12.5 Å². The van der Waals surface area contributed by atoms with Gasteiger partial charge in [0, 0.05) is 23.8 Å². The minimum absolute atomic E-state index is 0.0102. The molecule has 3 aliphatic carbocycles. The Morgan fingerprint density at radius 3 is 2.80 bits per heavy atom. The molecule has 6 unspecified atom stereocenters. The first kappa shape index (κ1) is 21.8. The molecule has 0 aromatic carbocycles. The van der Waals surface area contributed by atoms with Gasteiger partial charge in [0.2, 0.25) is 0 Å². The Balaban J connectivity index is 1.78. The molecule has 30 heavy (non-hydrogen) atoms. The number of nitrogens with two attached hydrogens (primary N) is 1. The second-order valence-electron chi connectivity index (χ2n) is 10.1.